The first-order valence-corrected chi connectivity index (χ1v) is 4.63. The number of hydrogen-bond donors (Lipinski definition) is 2. The van der Waals surface area contributed by atoms with E-state index in [4.69, 9.17) is 4.74 Å². The fourth-order valence-electron chi connectivity index (χ4n) is 0.551. The van der Waals surface area contributed by atoms with Crippen LogP contribution in [-0.4, -0.2) is 22.7 Å². The van der Waals surface area contributed by atoms with Crippen molar-refractivity contribution < 1.29 is 4.74 Å². The zero-order chi connectivity index (χ0) is 9.12. The Bertz CT molecular complexity index is 96.2. The molecule has 0 aliphatic carbocycles. The zero-order valence-electron chi connectivity index (χ0n) is 7.72. The van der Waals surface area contributed by atoms with Crippen LogP contribution in [0.25, 0.3) is 0 Å². The first-order valence-electron chi connectivity index (χ1n) is 3.73. The molecular weight excluding hydrogens is 176 g/mol. The summed E-state index contributed by atoms with van der Waals surface area (Å²) in [4.78, 5) is 0. The maximum atomic E-state index is 5.41. The minimum atomic E-state index is -0.0426. The molecule has 0 amide bonds. The van der Waals surface area contributed by atoms with Gasteiger partial charge in [0.15, 0.2) is 0 Å². The molecule has 0 aliphatic heterocycles. The minimum absolute atomic E-state index is 0.0426. The summed E-state index contributed by atoms with van der Waals surface area (Å²) in [6, 6.07) is 0. The maximum absolute atomic E-state index is 5.41. The number of rotatable bonds is 4. The third kappa shape index (κ3) is 10.7. The van der Waals surface area contributed by atoms with Gasteiger partial charge in [0.25, 0.3) is 0 Å². The molecule has 0 aliphatic rings. The van der Waals surface area contributed by atoms with Crippen LogP contribution in [0, 0.1) is 0 Å². The molecule has 0 rings (SSSR count). The summed E-state index contributed by atoms with van der Waals surface area (Å²) in [5.74, 6) is 0. The molecule has 11 heavy (non-hydrogen) atoms. The lowest BCUT2D eigenvalue weighted by molar-refractivity contribution is 0.107. The second-order valence-corrected chi connectivity index (χ2v) is 6.54. The molecule has 0 atom stereocenters. The highest BCUT2D eigenvalue weighted by atomic mass is 32.1. The summed E-state index contributed by atoms with van der Waals surface area (Å²) >= 11 is 8.67. The van der Waals surface area contributed by atoms with Gasteiger partial charge in [0.05, 0.1) is 13.2 Å². The number of ether oxygens (including phenoxy) is 1. The Morgan fingerprint density at radius 2 is 1.18 bits per heavy atom. The van der Waals surface area contributed by atoms with Crippen LogP contribution < -0.4 is 0 Å². The van der Waals surface area contributed by atoms with Crippen molar-refractivity contribution in [3.05, 3.63) is 0 Å². The van der Waals surface area contributed by atoms with E-state index in [1.54, 1.807) is 0 Å². The Balaban J connectivity index is 3.44. The van der Waals surface area contributed by atoms with Crippen molar-refractivity contribution in [2.75, 3.05) is 13.2 Å². The van der Waals surface area contributed by atoms with Crippen molar-refractivity contribution in [1.82, 2.24) is 0 Å². The molecular formula is C8H18OS2. The lowest BCUT2D eigenvalue weighted by Crippen LogP contribution is -2.26. The molecule has 0 spiro atoms. The molecule has 0 unspecified atom stereocenters. The predicted octanol–water partition coefficient (Wildman–Crippen LogP) is 2.42. The average Bonchev–Trinajstić information content (AvgIpc) is 1.55. The Morgan fingerprint density at radius 3 is 1.36 bits per heavy atom. The SMILES string of the molecule is CC(C)(S)COCC(C)(C)S. The Morgan fingerprint density at radius 1 is 0.909 bits per heavy atom. The van der Waals surface area contributed by atoms with Crippen LogP contribution in [0.3, 0.4) is 0 Å². The topological polar surface area (TPSA) is 9.23 Å². The number of thiol groups is 2. The van der Waals surface area contributed by atoms with Gasteiger partial charge in [-0.15, -0.1) is 0 Å². The van der Waals surface area contributed by atoms with E-state index < -0.39 is 0 Å². The number of hydrogen-bond acceptors (Lipinski definition) is 3. The molecule has 0 aromatic carbocycles. The molecule has 0 heterocycles. The standard InChI is InChI=1S/C8H18OS2/c1-7(2,10)5-9-6-8(3,4)11/h10-11H,5-6H2,1-4H3. The van der Waals surface area contributed by atoms with E-state index in [-0.39, 0.29) is 9.49 Å². The molecule has 0 fully saturated rings. The largest absolute Gasteiger partial charge is 0.379 e. The Hall–Kier alpha value is 0.660. The molecule has 0 N–H and O–H groups in total. The van der Waals surface area contributed by atoms with E-state index in [0.717, 1.165) is 0 Å². The van der Waals surface area contributed by atoms with Crippen LogP contribution in [0.4, 0.5) is 0 Å². The van der Waals surface area contributed by atoms with Gasteiger partial charge < -0.3 is 4.74 Å². The van der Waals surface area contributed by atoms with Gasteiger partial charge >= 0.3 is 0 Å². The molecule has 3 heteroatoms. The third-order valence-electron chi connectivity index (χ3n) is 0.911. The molecule has 0 bridgehead atoms. The summed E-state index contributed by atoms with van der Waals surface area (Å²) in [5.41, 5.74) is 0. The van der Waals surface area contributed by atoms with Crippen molar-refractivity contribution in [1.29, 1.82) is 0 Å². The Labute approximate surface area is 80.7 Å². The van der Waals surface area contributed by atoms with Crippen LogP contribution in [0.5, 0.6) is 0 Å². The molecule has 0 saturated carbocycles. The van der Waals surface area contributed by atoms with Crippen molar-refractivity contribution in [2.24, 2.45) is 0 Å². The monoisotopic (exact) mass is 194 g/mol. The first kappa shape index (κ1) is 11.7. The van der Waals surface area contributed by atoms with Gasteiger partial charge in [-0.25, -0.2) is 0 Å². The summed E-state index contributed by atoms with van der Waals surface area (Å²) in [6.07, 6.45) is 0. The molecule has 0 aromatic rings. The summed E-state index contributed by atoms with van der Waals surface area (Å²) in [6.45, 7) is 9.45. The fraction of sp³-hybridized carbons (Fsp3) is 1.00. The molecule has 0 aromatic heterocycles. The highest BCUT2D eigenvalue weighted by Crippen LogP contribution is 2.16. The van der Waals surface area contributed by atoms with Crippen molar-refractivity contribution in [3.8, 4) is 0 Å². The zero-order valence-corrected chi connectivity index (χ0v) is 9.51. The van der Waals surface area contributed by atoms with Gasteiger partial charge in [-0.3, -0.25) is 0 Å². The summed E-state index contributed by atoms with van der Waals surface area (Å²) < 4.78 is 5.32. The average molecular weight is 194 g/mol. The second kappa shape index (κ2) is 4.06. The molecule has 0 saturated heterocycles. The quantitative estimate of drug-likeness (QED) is 0.654. The van der Waals surface area contributed by atoms with Gasteiger partial charge in [-0.1, -0.05) is 0 Å². The smallest absolute Gasteiger partial charge is 0.0605 e. The van der Waals surface area contributed by atoms with Crippen LogP contribution in [0.2, 0.25) is 0 Å². The summed E-state index contributed by atoms with van der Waals surface area (Å²) in [7, 11) is 0. The molecule has 0 radical (unpaired) electrons. The van der Waals surface area contributed by atoms with Crippen molar-refractivity contribution >= 4 is 25.3 Å². The van der Waals surface area contributed by atoms with Gasteiger partial charge in [0.2, 0.25) is 0 Å². The van der Waals surface area contributed by atoms with E-state index in [2.05, 4.69) is 25.3 Å². The highest BCUT2D eigenvalue weighted by Gasteiger charge is 2.15. The summed E-state index contributed by atoms with van der Waals surface area (Å²) in [5, 5.41) is 0. The van der Waals surface area contributed by atoms with E-state index in [0.29, 0.717) is 13.2 Å². The van der Waals surface area contributed by atoms with E-state index in [1.165, 1.54) is 0 Å². The molecule has 1 nitrogen and oxygen atoms in total. The maximum Gasteiger partial charge on any atom is 0.0605 e. The predicted molar refractivity (Wildman–Crippen MR) is 56.9 cm³/mol. The lowest BCUT2D eigenvalue weighted by Gasteiger charge is -2.22. The van der Waals surface area contributed by atoms with Gasteiger partial charge in [0, 0.05) is 9.49 Å². The van der Waals surface area contributed by atoms with E-state index in [9.17, 15) is 0 Å². The van der Waals surface area contributed by atoms with Crippen molar-refractivity contribution in [2.45, 2.75) is 37.2 Å². The Kier molecular flexibility index (Phi) is 4.30. The van der Waals surface area contributed by atoms with Crippen LogP contribution >= 0.6 is 25.3 Å². The first-order chi connectivity index (χ1) is 4.71. The van der Waals surface area contributed by atoms with Gasteiger partial charge in [-0.2, -0.15) is 25.3 Å². The fourth-order valence-corrected chi connectivity index (χ4v) is 0.733. The third-order valence-corrected chi connectivity index (χ3v) is 1.17. The van der Waals surface area contributed by atoms with Crippen LogP contribution in [0.15, 0.2) is 0 Å². The van der Waals surface area contributed by atoms with Gasteiger partial charge in [-0.05, 0) is 27.7 Å². The lowest BCUT2D eigenvalue weighted by atomic mass is 10.2. The second-order valence-electron chi connectivity index (χ2n) is 4.12. The van der Waals surface area contributed by atoms with Crippen LogP contribution in [0.1, 0.15) is 27.7 Å². The normalized spacial score (nSPS) is 13.6. The minimum Gasteiger partial charge on any atom is -0.379 e. The van der Waals surface area contributed by atoms with Crippen LogP contribution in [-0.2, 0) is 4.74 Å². The van der Waals surface area contributed by atoms with Gasteiger partial charge in [0.1, 0.15) is 0 Å². The molecule has 68 valence electrons. The van der Waals surface area contributed by atoms with Crippen molar-refractivity contribution in [3.63, 3.8) is 0 Å². The van der Waals surface area contributed by atoms with E-state index >= 15 is 0 Å². The van der Waals surface area contributed by atoms with E-state index in [1.807, 2.05) is 27.7 Å². The highest BCUT2D eigenvalue weighted by molar-refractivity contribution is 7.82.